The summed E-state index contributed by atoms with van der Waals surface area (Å²) in [4.78, 5) is 0. The van der Waals surface area contributed by atoms with Crippen LogP contribution in [0.5, 0.6) is 11.5 Å². The predicted octanol–water partition coefficient (Wildman–Crippen LogP) is 2.14. The van der Waals surface area contributed by atoms with E-state index in [2.05, 4.69) is 0 Å². The summed E-state index contributed by atoms with van der Waals surface area (Å²) in [5, 5.41) is 9.34. The lowest BCUT2D eigenvalue weighted by molar-refractivity contribution is 0.132. The van der Waals surface area contributed by atoms with Gasteiger partial charge in [0.1, 0.15) is 11.5 Å². The second-order valence-corrected chi connectivity index (χ2v) is 4.77. The number of methoxy groups -OCH3 is 2. The summed E-state index contributed by atoms with van der Waals surface area (Å²) in [6.45, 7) is 3.86. The van der Waals surface area contributed by atoms with Gasteiger partial charge in [0, 0.05) is 24.1 Å². The van der Waals surface area contributed by atoms with Crippen LogP contribution in [0.4, 0.5) is 0 Å². The number of hydrogen-bond acceptors (Lipinski definition) is 4. The Hall–Kier alpha value is -0.970. The van der Waals surface area contributed by atoms with Gasteiger partial charge in [0.25, 0.3) is 0 Å². The maximum atomic E-state index is 9.34. The fraction of sp³-hybridized carbons (Fsp3) is 0.538. The number of hydrogen-bond donors (Lipinski definition) is 2. The fourth-order valence-electron chi connectivity index (χ4n) is 1.56. The lowest BCUT2D eigenvalue weighted by atomic mass is 9.82. The van der Waals surface area contributed by atoms with Crippen molar-refractivity contribution < 1.29 is 14.6 Å². The molecule has 0 amide bonds. The van der Waals surface area contributed by atoms with Crippen LogP contribution in [0.1, 0.15) is 25.5 Å². The van der Waals surface area contributed by atoms with E-state index in [1.807, 2.05) is 26.0 Å². The minimum Gasteiger partial charge on any atom is -0.497 e. The first kappa shape index (κ1) is 17.0. The Balaban J connectivity index is 0.00000289. The number of rotatable bonds is 5. The smallest absolute Gasteiger partial charge is 0.122 e. The average Bonchev–Trinajstić information content (AvgIpc) is 2.36. The molecule has 1 rings (SSSR count). The molecule has 1 atom stereocenters. The summed E-state index contributed by atoms with van der Waals surface area (Å²) in [5.74, 6) is 1.40. The molecule has 0 aromatic heterocycles. The van der Waals surface area contributed by atoms with E-state index < -0.39 is 5.41 Å². The molecule has 5 heteroatoms. The maximum absolute atomic E-state index is 9.34. The molecular formula is C13H22ClNO3. The Kier molecular flexibility index (Phi) is 6.46. The average molecular weight is 276 g/mol. The van der Waals surface area contributed by atoms with Crippen molar-refractivity contribution in [2.45, 2.75) is 19.9 Å². The molecule has 0 spiro atoms. The highest BCUT2D eigenvalue weighted by Crippen LogP contribution is 2.34. The molecule has 0 saturated carbocycles. The summed E-state index contributed by atoms with van der Waals surface area (Å²) in [6, 6.07) is 5.24. The van der Waals surface area contributed by atoms with Crippen LogP contribution in [-0.4, -0.2) is 25.9 Å². The van der Waals surface area contributed by atoms with E-state index in [0.29, 0.717) is 11.5 Å². The highest BCUT2D eigenvalue weighted by molar-refractivity contribution is 5.85. The van der Waals surface area contributed by atoms with Crippen LogP contribution in [0, 0.1) is 5.41 Å². The Morgan fingerprint density at radius 3 is 1.94 bits per heavy atom. The molecule has 1 aromatic rings. The zero-order valence-electron chi connectivity index (χ0n) is 11.3. The highest BCUT2D eigenvalue weighted by atomic mass is 35.5. The van der Waals surface area contributed by atoms with Crippen LogP contribution < -0.4 is 15.2 Å². The topological polar surface area (TPSA) is 64.7 Å². The summed E-state index contributed by atoms with van der Waals surface area (Å²) >= 11 is 0. The van der Waals surface area contributed by atoms with Crippen LogP contribution >= 0.6 is 12.4 Å². The third kappa shape index (κ3) is 3.77. The Morgan fingerprint density at radius 2 is 1.61 bits per heavy atom. The molecule has 0 unspecified atom stereocenters. The molecule has 0 radical (unpaired) electrons. The van der Waals surface area contributed by atoms with Crippen LogP contribution in [0.25, 0.3) is 0 Å². The molecule has 0 heterocycles. The maximum Gasteiger partial charge on any atom is 0.122 e. The van der Waals surface area contributed by atoms with Gasteiger partial charge in [-0.15, -0.1) is 12.4 Å². The Labute approximate surface area is 115 Å². The second-order valence-electron chi connectivity index (χ2n) is 4.77. The molecule has 4 nitrogen and oxygen atoms in total. The zero-order chi connectivity index (χ0) is 13.1. The number of ether oxygens (including phenoxy) is 2. The van der Waals surface area contributed by atoms with Gasteiger partial charge in [0.05, 0.1) is 14.2 Å². The number of benzene rings is 1. The molecule has 0 fully saturated rings. The van der Waals surface area contributed by atoms with Gasteiger partial charge in [-0.3, -0.25) is 0 Å². The standard InChI is InChI=1S/C13H21NO3.ClH/c1-13(2,8-15)12(14)9-5-10(16-3)7-11(6-9)17-4;/h5-7,12,15H,8,14H2,1-4H3;1H/t12-;/m1./s1. The first-order valence-corrected chi connectivity index (χ1v) is 5.54. The van der Waals surface area contributed by atoms with Gasteiger partial charge < -0.3 is 20.3 Å². The highest BCUT2D eigenvalue weighted by Gasteiger charge is 2.27. The molecule has 3 N–H and O–H groups in total. The van der Waals surface area contributed by atoms with Crippen molar-refractivity contribution in [2.75, 3.05) is 20.8 Å². The molecule has 0 aliphatic rings. The predicted molar refractivity (Wildman–Crippen MR) is 74.6 cm³/mol. The van der Waals surface area contributed by atoms with Crippen molar-refractivity contribution in [3.8, 4) is 11.5 Å². The molecule has 0 aliphatic carbocycles. The summed E-state index contributed by atoms with van der Waals surface area (Å²) < 4.78 is 10.4. The summed E-state index contributed by atoms with van der Waals surface area (Å²) in [5.41, 5.74) is 6.66. The van der Waals surface area contributed by atoms with Gasteiger partial charge in [-0.25, -0.2) is 0 Å². The Bertz CT molecular complexity index is 360. The minimum absolute atomic E-state index is 0. The van der Waals surface area contributed by atoms with E-state index in [9.17, 15) is 5.11 Å². The van der Waals surface area contributed by atoms with Crippen molar-refractivity contribution in [1.29, 1.82) is 0 Å². The van der Waals surface area contributed by atoms with Crippen molar-refractivity contribution >= 4 is 12.4 Å². The van der Waals surface area contributed by atoms with E-state index in [-0.39, 0.29) is 25.1 Å². The van der Waals surface area contributed by atoms with Crippen LogP contribution in [0.15, 0.2) is 18.2 Å². The van der Waals surface area contributed by atoms with E-state index >= 15 is 0 Å². The van der Waals surface area contributed by atoms with Crippen molar-refractivity contribution in [1.82, 2.24) is 0 Å². The van der Waals surface area contributed by atoms with Crippen LogP contribution in [0.2, 0.25) is 0 Å². The zero-order valence-corrected chi connectivity index (χ0v) is 12.1. The van der Waals surface area contributed by atoms with E-state index in [0.717, 1.165) is 5.56 Å². The quantitative estimate of drug-likeness (QED) is 0.864. The lowest BCUT2D eigenvalue weighted by Crippen LogP contribution is -2.32. The molecule has 104 valence electrons. The molecular weight excluding hydrogens is 254 g/mol. The minimum atomic E-state index is -0.391. The lowest BCUT2D eigenvalue weighted by Gasteiger charge is -2.30. The van der Waals surface area contributed by atoms with Crippen LogP contribution in [0.3, 0.4) is 0 Å². The van der Waals surface area contributed by atoms with Crippen LogP contribution in [-0.2, 0) is 0 Å². The van der Waals surface area contributed by atoms with E-state index in [1.54, 1.807) is 20.3 Å². The van der Waals surface area contributed by atoms with Gasteiger partial charge in [-0.2, -0.15) is 0 Å². The van der Waals surface area contributed by atoms with Crippen molar-refractivity contribution in [3.63, 3.8) is 0 Å². The number of nitrogens with two attached hydrogens (primary N) is 1. The largest absolute Gasteiger partial charge is 0.497 e. The van der Waals surface area contributed by atoms with Crippen molar-refractivity contribution in [2.24, 2.45) is 11.1 Å². The molecule has 0 bridgehead atoms. The van der Waals surface area contributed by atoms with Gasteiger partial charge in [0.2, 0.25) is 0 Å². The monoisotopic (exact) mass is 275 g/mol. The SMILES string of the molecule is COc1cc(OC)cc([C@@H](N)C(C)(C)CO)c1.Cl. The number of aliphatic hydroxyl groups excluding tert-OH is 1. The third-order valence-corrected chi connectivity index (χ3v) is 2.98. The molecule has 0 aliphatic heterocycles. The summed E-state index contributed by atoms with van der Waals surface area (Å²) in [7, 11) is 3.20. The molecule has 1 aromatic carbocycles. The van der Waals surface area contributed by atoms with Gasteiger partial charge in [-0.05, 0) is 17.7 Å². The normalized spacial score (nSPS) is 12.6. The first-order chi connectivity index (χ1) is 7.94. The van der Waals surface area contributed by atoms with Gasteiger partial charge in [0.15, 0.2) is 0 Å². The van der Waals surface area contributed by atoms with Gasteiger partial charge in [-0.1, -0.05) is 13.8 Å². The van der Waals surface area contributed by atoms with E-state index in [4.69, 9.17) is 15.2 Å². The van der Waals surface area contributed by atoms with E-state index in [1.165, 1.54) is 0 Å². The number of halogens is 1. The van der Waals surface area contributed by atoms with Crippen molar-refractivity contribution in [3.05, 3.63) is 23.8 Å². The molecule has 0 saturated heterocycles. The first-order valence-electron chi connectivity index (χ1n) is 5.54. The molecule has 18 heavy (non-hydrogen) atoms. The summed E-state index contributed by atoms with van der Waals surface area (Å²) in [6.07, 6.45) is 0. The fourth-order valence-corrected chi connectivity index (χ4v) is 1.56. The van der Waals surface area contributed by atoms with Gasteiger partial charge >= 0.3 is 0 Å². The number of aliphatic hydroxyl groups is 1. The third-order valence-electron chi connectivity index (χ3n) is 2.98. The Morgan fingerprint density at radius 1 is 1.17 bits per heavy atom. The second kappa shape index (κ2) is 6.83.